The number of hydrogen-bond acceptors (Lipinski definition) is 6. The van der Waals surface area contributed by atoms with Gasteiger partial charge in [-0.1, -0.05) is 23.5 Å². The Morgan fingerprint density at radius 3 is 2.09 bits per heavy atom. The molecular weight excluding hydrogens is 522 g/mol. The molecule has 0 spiro atoms. The smallest absolute Gasteiger partial charge is 0.290 e. The van der Waals surface area contributed by atoms with Crippen LogP contribution in [0.1, 0.15) is 16.8 Å². The van der Waals surface area contributed by atoms with Crippen LogP contribution in [-0.2, 0) is 22.5 Å². The second-order valence-corrected chi connectivity index (χ2v) is 9.82. The van der Waals surface area contributed by atoms with E-state index in [9.17, 15) is 39.3 Å². The third-order valence-electron chi connectivity index (χ3n) is 4.70. The number of nitrogens with zero attached hydrogens (tertiary/aromatic N) is 4. The van der Waals surface area contributed by atoms with Gasteiger partial charge in [0, 0.05) is 11.8 Å². The summed E-state index contributed by atoms with van der Waals surface area (Å²) in [4.78, 5) is 12.2. The van der Waals surface area contributed by atoms with Crippen molar-refractivity contribution in [2.45, 2.75) is 23.5 Å². The highest BCUT2D eigenvalue weighted by atomic mass is 32.3. The first-order valence-electron chi connectivity index (χ1n) is 9.39. The van der Waals surface area contributed by atoms with E-state index >= 15 is 0 Å². The summed E-state index contributed by atoms with van der Waals surface area (Å²) in [6, 6.07) is 4.96. The van der Waals surface area contributed by atoms with Gasteiger partial charge >= 0.3 is 22.5 Å². The molecule has 184 valence electrons. The number of halogens is 6. The van der Waals surface area contributed by atoms with Gasteiger partial charge in [0.1, 0.15) is 22.8 Å². The summed E-state index contributed by atoms with van der Waals surface area (Å²) in [5.74, 6) is -0.239. The Kier molecular flexibility index (Phi) is 5.97. The fraction of sp³-hybridized carbons (Fsp3) is 0.150. The number of hydrogen-bond donors (Lipinski definition) is 1. The molecule has 0 saturated heterocycles. The van der Waals surface area contributed by atoms with Gasteiger partial charge in [-0.3, -0.25) is 9.12 Å². The van der Waals surface area contributed by atoms with Crippen molar-refractivity contribution in [3.63, 3.8) is 0 Å². The van der Waals surface area contributed by atoms with Crippen molar-refractivity contribution in [3.8, 4) is 27.8 Å². The number of imidazole rings is 1. The van der Waals surface area contributed by atoms with E-state index in [1.54, 1.807) is 0 Å². The first-order chi connectivity index (χ1) is 16.1. The highest BCUT2D eigenvalue weighted by Gasteiger charge is 2.33. The predicted octanol–water partition coefficient (Wildman–Crippen LogP) is 5.65. The van der Waals surface area contributed by atoms with Gasteiger partial charge in [-0.2, -0.15) is 34.8 Å². The number of benzene rings is 1. The molecule has 15 heteroatoms. The van der Waals surface area contributed by atoms with Crippen LogP contribution in [0.2, 0.25) is 0 Å². The van der Waals surface area contributed by atoms with Gasteiger partial charge in [0.2, 0.25) is 0 Å². The van der Waals surface area contributed by atoms with Crippen molar-refractivity contribution in [1.82, 2.24) is 19.5 Å². The minimum absolute atomic E-state index is 0.0174. The molecule has 1 N–H and O–H groups in total. The molecule has 0 saturated carbocycles. The molecule has 0 atom stereocenters. The van der Waals surface area contributed by atoms with E-state index in [2.05, 4.69) is 15.0 Å². The molecule has 0 unspecified atom stereocenters. The Morgan fingerprint density at radius 1 is 0.914 bits per heavy atom. The zero-order valence-electron chi connectivity index (χ0n) is 17.3. The van der Waals surface area contributed by atoms with E-state index in [0.29, 0.717) is 17.4 Å². The summed E-state index contributed by atoms with van der Waals surface area (Å²) in [6.45, 7) is 1.35. The second-order valence-electron chi connectivity index (χ2n) is 7.21. The molecule has 3 aromatic heterocycles. The number of aromatic nitrogens is 4. The van der Waals surface area contributed by atoms with Gasteiger partial charge < -0.3 is 0 Å². The van der Waals surface area contributed by atoms with Crippen LogP contribution in [0, 0.1) is 6.92 Å². The molecule has 0 bridgehead atoms. The molecule has 0 fully saturated rings. The molecule has 7 nitrogen and oxygen atoms in total. The second kappa shape index (κ2) is 8.42. The van der Waals surface area contributed by atoms with Crippen LogP contribution in [0.5, 0.6) is 0 Å². The van der Waals surface area contributed by atoms with Crippen LogP contribution >= 0.6 is 11.3 Å². The standard InChI is InChI=1S/C20H12F6N4O3S2/c1-10-18(35(31,32)33)34-17(28-10)15-8-30(9-27-15)16-7-13(20(24,25)26)6-14(29-16)11-2-4-12(5-3-11)19(21,22)23/h2-9H,1H3,(H,31,32,33). The van der Waals surface area contributed by atoms with E-state index in [1.807, 2.05) is 0 Å². The van der Waals surface area contributed by atoms with E-state index < -0.39 is 37.8 Å². The first-order valence-corrected chi connectivity index (χ1v) is 11.6. The van der Waals surface area contributed by atoms with Crippen molar-refractivity contribution in [1.29, 1.82) is 0 Å². The van der Waals surface area contributed by atoms with E-state index in [1.165, 1.54) is 13.1 Å². The molecule has 0 aliphatic heterocycles. The van der Waals surface area contributed by atoms with Gasteiger partial charge in [-0.05, 0) is 31.2 Å². The normalized spacial score (nSPS) is 12.8. The molecule has 3 heterocycles. The van der Waals surface area contributed by atoms with Crippen molar-refractivity contribution < 1.29 is 39.3 Å². The van der Waals surface area contributed by atoms with Gasteiger partial charge in [0.05, 0.1) is 22.5 Å². The molecule has 4 rings (SSSR count). The lowest BCUT2D eigenvalue weighted by molar-refractivity contribution is -0.138. The zero-order chi connectivity index (χ0) is 25.8. The summed E-state index contributed by atoms with van der Waals surface area (Å²) in [7, 11) is -4.52. The summed E-state index contributed by atoms with van der Waals surface area (Å²) in [6.07, 6.45) is -7.01. The number of pyridine rings is 1. The molecule has 1 aromatic carbocycles. The summed E-state index contributed by atoms with van der Waals surface area (Å²) >= 11 is 0.622. The molecule has 35 heavy (non-hydrogen) atoms. The maximum absolute atomic E-state index is 13.5. The Hall–Kier alpha value is -3.30. The summed E-state index contributed by atoms with van der Waals surface area (Å²) in [5.41, 5.74) is -2.13. The number of aryl methyl sites for hydroxylation is 1. The fourth-order valence-electron chi connectivity index (χ4n) is 3.08. The Labute approximate surface area is 197 Å². The molecule has 0 radical (unpaired) electrons. The highest BCUT2D eigenvalue weighted by Crippen LogP contribution is 2.35. The van der Waals surface area contributed by atoms with Gasteiger partial charge in [-0.25, -0.2) is 15.0 Å². The molecular formula is C20H12F6N4O3S2. The fourth-order valence-corrected chi connectivity index (χ4v) is 4.92. The van der Waals surface area contributed by atoms with Gasteiger partial charge in [-0.15, -0.1) is 0 Å². The Bertz CT molecular complexity index is 1510. The average Bonchev–Trinajstić information content (AvgIpc) is 3.39. The minimum Gasteiger partial charge on any atom is -0.290 e. The van der Waals surface area contributed by atoms with Crippen molar-refractivity contribution >= 4 is 21.5 Å². The van der Waals surface area contributed by atoms with Crippen molar-refractivity contribution in [2.75, 3.05) is 0 Å². The van der Waals surface area contributed by atoms with Crippen molar-refractivity contribution in [3.05, 3.63) is 65.7 Å². The number of alkyl halides is 6. The third-order valence-corrected chi connectivity index (χ3v) is 7.32. The lowest BCUT2D eigenvalue weighted by atomic mass is 10.1. The van der Waals surface area contributed by atoms with Crippen LogP contribution in [0.3, 0.4) is 0 Å². The SMILES string of the molecule is Cc1nc(-c2cn(-c3cc(C(F)(F)F)cc(-c4ccc(C(F)(F)F)cc4)n3)cn2)sc1S(=O)(=O)O. The molecule has 4 aromatic rings. The predicted molar refractivity (Wildman–Crippen MR) is 112 cm³/mol. The quantitative estimate of drug-likeness (QED) is 0.268. The largest absolute Gasteiger partial charge is 0.416 e. The Morgan fingerprint density at radius 2 is 1.54 bits per heavy atom. The highest BCUT2D eigenvalue weighted by molar-refractivity contribution is 7.88. The van der Waals surface area contributed by atoms with Crippen LogP contribution in [0.4, 0.5) is 26.3 Å². The van der Waals surface area contributed by atoms with Crippen LogP contribution in [0.25, 0.3) is 27.8 Å². The molecule has 0 aliphatic rings. The van der Waals surface area contributed by atoms with Gasteiger partial charge in [0.25, 0.3) is 0 Å². The maximum Gasteiger partial charge on any atom is 0.416 e. The van der Waals surface area contributed by atoms with Crippen LogP contribution in [-0.4, -0.2) is 32.5 Å². The zero-order valence-corrected chi connectivity index (χ0v) is 18.9. The minimum atomic E-state index is -4.78. The first kappa shape index (κ1) is 24.8. The topological polar surface area (TPSA) is 98.0 Å². The van der Waals surface area contributed by atoms with E-state index in [-0.39, 0.29) is 33.5 Å². The van der Waals surface area contributed by atoms with Crippen LogP contribution < -0.4 is 0 Å². The monoisotopic (exact) mass is 534 g/mol. The number of rotatable bonds is 4. The summed E-state index contributed by atoms with van der Waals surface area (Å²) < 4.78 is 112. The summed E-state index contributed by atoms with van der Waals surface area (Å²) in [5, 5.41) is 0.0869. The maximum atomic E-state index is 13.5. The number of thiazole rings is 1. The molecule has 0 amide bonds. The van der Waals surface area contributed by atoms with Gasteiger partial charge in [0.15, 0.2) is 4.21 Å². The van der Waals surface area contributed by atoms with E-state index in [0.717, 1.165) is 41.2 Å². The lowest BCUT2D eigenvalue weighted by Crippen LogP contribution is -2.08. The van der Waals surface area contributed by atoms with Crippen LogP contribution in [0.15, 0.2) is 53.1 Å². The lowest BCUT2D eigenvalue weighted by Gasteiger charge is -2.13. The Balaban J connectivity index is 1.78. The molecule has 0 aliphatic carbocycles. The van der Waals surface area contributed by atoms with Crippen molar-refractivity contribution in [2.24, 2.45) is 0 Å². The average molecular weight is 534 g/mol. The third kappa shape index (κ3) is 5.21. The van der Waals surface area contributed by atoms with E-state index in [4.69, 9.17) is 0 Å².